The van der Waals surface area contributed by atoms with E-state index in [2.05, 4.69) is 25.9 Å². The first kappa shape index (κ1) is 35.2. The van der Waals surface area contributed by atoms with Gasteiger partial charge in [-0.2, -0.15) is 5.10 Å². The van der Waals surface area contributed by atoms with Gasteiger partial charge in [-0.3, -0.25) is 0 Å². The number of aromatic nitrogens is 2. The summed E-state index contributed by atoms with van der Waals surface area (Å²) in [5, 5.41) is 14.7. The number of nitrogens with zero attached hydrogens (tertiary/aromatic N) is 3. The van der Waals surface area contributed by atoms with E-state index in [1.165, 1.54) is 0 Å². The molecular weight excluding hydrogens is 604 g/mol. The molecule has 3 aromatic rings. The van der Waals surface area contributed by atoms with Gasteiger partial charge in [0.05, 0.1) is 24.7 Å². The average molecular weight is 655 g/mol. The molecule has 0 radical (unpaired) electrons. The molecule has 4 rings (SSSR count). The van der Waals surface area contributed by atoms with Gasteiger partial charge in [-0.05, 0) is 88.0 Å². The Labute approximate surface area is 273 Å². The number of hydrogen-bond acceptors (Lipinski definition) is 8. The van der Waals surface area contributed by atoms with Gasteiger partial charge in [-0.15, -0.1) is 0 Å². The normalized spacial score (nSPS) is 16.3. The van der Waals surface area contributed by atoms with Crippen LogP contribution in [0, 0.1) is 0 Å². The Morgan fingerprint density at radius 1 is 1.13 bits per heavy atom. The van der Waals surface area contributed by atoms with E-state index in [0.717, 1.165) is 43.0 Å². The van der Waals surface area contributed by atoms with Gasteiger partial charge in [0.25, 0.3) is 0 Å². The van der Waals surface area contributed by atoms with E-state index in [4.69, 9.17) is 24.4 Å². The van der Waals surface area contributed by atoms with Crippen LogP contribution in [0.4, 0.5) is 10.5 Å². The molecule has 1 aliphatic rings. The fourth-order valence-corrected chi connectivity index (χ4v) is 8.64. The molecule has 11 nitrogen and oxygen atoms in total. The maximum Gasteiger partial charge on any atom is 0.410 e. The number of nitrogens with two attached hydrogens (primary N) is 1. The van der Waals surface area contributed by atoms with Gasteiger partial charge in [-0.1, -0.05) is 32.9 Å². The van der Waals surface area contributed by atoms with Gasteiger partial charge in [0.1, 0.15) is 18.0 Å². The number of carbonyl (C=O) groups is 2. The minimum absolute atomic E-state index is 0.0229. The molecule has 252 valence electrons. The predicted molar refractivity (Wildman–Crippen MR) is 181 cm³/mol. The van der Waals surface area contributed by atoms with Crippen LogP contribution in [0.3, 0.4) is 0 Å². The molecule has 2 aromatic carbocycles. The summed E-state index contributed by atoms with van der Waals surface area (Å²) in [7, 11) is -2.08. The highest BCUT2D eigenvalue weighted by molar-refractivity contribution is 6.73. The minimum Gasteiger partial charge on any atom is -0.492 e. The highest BCUT2D eigenvalue weighted by atomic mass is 28.4. The fourth-order valence-electron chi connectivity index (χ4n) is 5.83. The van der Waals surface area contributed by atoms with Crippen LogP contribution in [-0.2, 0) is 13.9 Å². The van der Waals surface area contributed by atoms with Gasteiger partial charge in [0.2, 0.25) is 0 Å². The summed E-state index contributed by atoms with van der Waals surface area (Å²) in [6.45, 7) is 13.3. The highest BCUT2D eigenvalue weighted by Gasteiger charge is 2.35. The van der Waals surface area contributed by atoms with E-state index in [1.54, 1.807) is 27.8 Å². The number of aromatic carboxylic acids is 1. The summed E-state index contributed by atoms with van der Waals surface area (Å²) in [6.07, 6.45) is 1.50. The van der Waals surface area contributed by atoms with Crippen LogP contribution in [-0.4, -0.2) is 72.1 Å². The minimum atomic E-state index is -2.08. The molecule has 1 amide bonds. The zero-order valence-electron chi connectivity index (χ0n) is 28.1. The predicted octanol–water partition coefficient (Wildman–Crippen LogP) is 7.39. The van der Waals surface area contributed by atoms with Crippen LogP contribution in [0.2, 0.25) is 18.1 Å². The molecule has 3 N–H and O–H groups in total. The van der Waals surface area contributed by atoms with E-state index in [-0.39, 0.29) is 31.6 Å². The first-order valence-corrected chi connectivity index (χ1v) is 18.9. The van der Waals surface area contributed by atoms with Crippen molar-refractivity contribution in [3.63, 3.8) is 0 Å². The lowest BCUT2D eigenvalue weighted by Gasteiger charge is -2.36. The quantitative estimate of drug-likeness (QED) is 0.135. The van der Waals surface area contributed by atoms with E-state index in [1.807, 2.05) is 45.0 Å². The smallest absolute Gasteiger partial charge is 0.410 e. The van der Waals surface area contributed by atoms with Gasteiger partial charge in [-0.25, -0.2) is 14.3 Å². The van der Waals surface area contributed by atoms with Crippen LogP contribution < -0.4 is 10.5 Å². The number of amides is 1. The number of anilines is 1. The summed E-state index contributed by atoms with van der Waals surface area (Å²) < 4.78 is 26.5. The molecule has 0 spiro atoms. The van der Waals surface area contributed by atoms with Gasteiger partial charge in [0, 0.05) is 23.7 Å². The molecule has 1 aromatic heterocycles. The van der Waals surface area contributed by atoms with Gasteiger partial charge in [0.15, 0.2) is 20.2 Å². The standard InChI is InChI=1S/C34H50N4O7Si/c1-7-46(8-2,9-3)45-29(24-13-12-14-25(35)21-24)23-37(33(41)44-34(4,5)6)18-20-42-26-16-17-27-28(22-26)38(36-31(27)32(39)40)30-15-10-11-19-43-30/h12-14,16-17,21-22,29-30H,7-11,15,18-20,23,35H2,1-6H3,(H,39,40)/t29-,30?/m0/s1. The first-order valence-electron chi connectivity index (χ1n) is 16.4. The number of ether oxygens (including phenoxy) is 3. The Morgan fingerprint density at radius 2 is 1.87 bits per heavy atom. The molecule has 1 saturated heterocycles. The van der Waals surface area contributed by atoms with Gasteiger partial charge < -0.3 is 34.4 Å². The summed E-state index contributed by atoms with van der Waals surface area (Å²) in [4.78, 5) is 27.2. The first-order chi connectivity index (χ1) is 21.9. The van der Waals surface area contributed by atoms with E-state index in [0.29, 0.717) is 28.9 Å². The van der Waals surface area contributed by atoms with E-state index < -0.39 is 32.1 Å². The lowest BCUT2D eigenvalue weighted by atomic mass is 10.1. The third-order valence-corrected chi connectivity index (χ3v) is 13.2. The number of carboxylic acid groups (broad SMARTS) is 1. The van der Waals surface area contributed by atoms with Crippen molar-refractivity contribution in [1.82, 2.24) is 14.7 Å². The largest absolute Gasteiger partial charge is 0.492 e. The third kappa shape index (κ3) is 8.80. The topological polar surface area (TPSA) is 138 Å². The van der Waals surface area contributed by atoms with Crippen molar-refractivity contribution in [2.45, 2.75) is 96.9 Å². The zero-order chi connectivity index (χ0) is 33.5. The van der Waals surface area contributed by atoms with Crippen molar-refractivity contribution in [2.24, 2.45) is 0 Å². The molecule has 0 aliphatic carbocycles. The second-order valence-electron chi connectivity index (χ2n) is 12.9. The molecule has 1 unspecified atom stereocenters. The van der Waals surface area contributed by atoms with Gasteiger partial charge >= 0.3 is 12.1 Å². The van der Waals surface area contributed by atoms with Crippen molar-refractivity contribution in [3.8, 4) is 5.75 Å². The monoisotopic (exact) mass is 654 g/mol. The molecule has 1 fully saturated rings. The number of nitrogen functional groups attached to an aromatic ring is 1. The number of carbonyl (C=O) groups excluding carboxylic acids is 1. The Balaban J connectivity index is 1.59. The number of fused-ring (bicyclic) bond motifs is 1. The van der Waals surface area contributed by atoms with Crippen LogP contribution in [0.25, 0.3) is 10.9 Å². The van der Waals surface area contributed by atoms with Crippen molar-refractivity contribution in [1.29, 1.82) is 0 Å². The van der Waals surface area contributed by atoms with Crippen molar-refractivity contribution in [2.75, 3.05) is 32.0 Å². The molecule has 0 bridgehead atoms. The number of hydrogen-bond donors (Lipinski definition) is 2. The Hall–Kier alpha value is -3.61. The van der Waals surface area contributed by atoms with Crippen LogP contribution in [0.15, 0.2) is 42.5 Å². The van der Waals surface area contributed by atoms with Crippen molar-refractivity contribution < 1.29 is 33.3 Å². The summed E-state index contributed by atoms with van der Waals surface area (Å²) in [6, 6.07) is 15.8. The van der Waals surface area contributed by atoms with Crippen molar-refractivity contribution >= 4 is 37.0 Å². The van der Waals surface area contributed by atoms with Crippen LogP contribution >= 0.6 is 0 Å². The maximum absolute atomic E-state index is 13.6. The maximum atomic E-state index is 13.6. The Bertz CT molecular complexity index is 1470. The fraction of sp³-hybridized carbons (Fsp3) is 0.559. The Kier molecular flexibility index (Phi) is 11.7. The van der Waals surface area contributed by atoms with Crippen LogP contribution in [0.5, 0.6) is 5.75 Å². The number of rotatable bonds is 14. The molecule has 46 heavy (non-hydrogen) atoms. The highest BCUT2D eigenvalue weighted by Crippen LogP contribution is 2.33. The second kappa shape index (κ2) is 15.3. The van der Waals surface area contributed by atoms with Crippen LogP contribution in [0.1, 0.15) is 89.2 Å². The lowest BCUT2D eigenvalue weighted by molar-refractivity contribution is -0.0368. The lowest BCUT2D eigenvalue weighted by Crippen LogP contribution is -2.45. The SMILES string of the molecule is CC[Si](CC)(CC)O[C@@H](CN(CCOc1ccc2c(C(=O)O)nn(C3CCCCO3)c2c1)C(=O)OC(C)(C)C)c1cccc(N)c1. The summed E-state index contributed by atoms with van der Waals surface area (Å²) in [5.74, 6) is -0.567. The van der Waals surface area contributed by atoms with E-state index >= 15 is 0 Å². The molecular formula is C34H50N4O7Si. The molecule has 12 heteroatoms. The second-order valence-corrected chi connectivity index (χ2v) is 17.6. The molecule has 1 aliphatic heterocycles. The van der Waals surface area contributed by atoms with Crippen molar-refractivity contribution in [3.05, 3.63) is 53.7 Å². The third-order valence-electron chi connectivity index (χ3n) is 8.59. The number of carboxylic acids is 1. The number of benzene rings is 2. The Morgan fingerprint density at radius 3 is 2.48 bits per heavy atom. The average Bonchev–Trinajstić information content (AvgIpc) is 3.41. The summed E-state index contributed by atoms with van der Waals surface area (Å²) in [5.41, 5.74) is 7.64. The zero-order valence-corrected chi connectivity index (χ0v) is 29.1. The molecule has 2 heterocycles. The van der Waals surface area contributed by atoms with E-state index in [9.17, 15) is 14.7 Å². The summed E-state index contributed by atoms with van der Waals surface area (Å²) >= 11 is 0. The molecule has 2 atom stereocenters. The molecule has 0 saturated carbocycles.